The summed E-state index contributed by atoms with van der Waals surface area (Å²) in [6.45, 7) is 4.36. The van der Waals surface area contributed by atoms with Crippen LogP contribution in [0.3, 0.4) is 0 Å². The van der Waals surface area contributed by atoms with Crippen molar-refractivity contribution in [3.05, 3.63) is 0 Å². The van der Waals surface area contributed by atoms with Crippen LogP contribution in [-0.4, -0.2) is 29.4 Å². The van der Waals surface area contributed by atoms with Gasteiger partial charge in [0.2, 0.25) is 0 Å². The summed E-state index contributed by atoms with van der Waals surface area (Å²) in [5.41, 5.74) is 0. The Hall–Kier alpha value is 0.870. The van der Waals surface area contributed by atoms with E-state index in [0.29, 0.717) is 12.8 Å². The summed E-state index contributed by atoms with van der Waals surface area (Å²) >= 11 is 0. The third-order valence-electron chi connectivity index (χ3n) is 6.00. The molecule has 176 valence electrons. The first kappa shape index (κ1) is 33.0. The predicted molar refractivity (Wildman–Crippen MR) is 123 cm³/mol. The van der Waals surface area contributed by atoms with Crippen molar-refractivity contribution in [2.24, 2.45) is 0 Å². The Morgan fingerprint density at radius 2 is 0.900 bits per heavy atom. The van der Waals surface area contributed by atoms with Crippen LogP contribution in [0.2, 0.25) is 0 Å². The molecule has 0 saturated carbocycles. The molecule has 6 heteroatoms. The Balaban J connectivity index is 0. The average Bonchev–Trinajstić information content (AvgIpc) is 2.67. The van der Waals surface area contributed by atoms with Gasteiger partial charge in [-0.2, -0.15) is 0 Å². The Bertz CT molecular complexity index is 442. The van der Waals surface area contributed by atoms with E-state index in [9.17, 15) is 18.1 Å². The second kappa shape index (κ2) is 23.0. The van der Waals surface area contributed by atoms with Gasteiger partial charge < -0.3 is 9.66 Å². The smallest absolute Gasteiger partial charge is 0.748 e. The molecule has 0 aliphatic carbocycles. The van der Waals surface area contributed by atoms with Gasteiger partial charge in [-0.05, 0) is 12.8 Å². The normalized spacial score (nSPS) is 13.7. The quantitative estimate of drug-likeness (QED) is 0.151. The molecule has 0 saturated heterocycles. The SMILES string of the molecule is CCCCCCCCCCCCCCCCC(C(O)CCCCCC)S(=O)(=O)[O-].[Na+]. The second-order valence-corrected chi connectivity index (χ2v) is 10.4. The van der Waals surface area contributed by atoms with Crippen molar-refractivity contribution in [2.45, 2.75) is 154 Å². The van der Waals surface area contributed by atoms with Crippen molar-refractivity contribution >= 4 is 10.1 Å². The number of aliphatic hydroxyl groups excluding tert-OH is 1. The molecule has 0 aliphatic rings. The molecule has 0 aromatic carbocycles. The van der Waals surface area contributed by atoms with Gasteiger partial charge in [-0.3, -0.25) is 0 Å². The van der Waals surface area contributed by atoms with Crippen LogP contribution in [0.25, 0.3) is 0 Å². The van der Waals surface area contributed by atoms with Crippen molar-refractivity contribution in [3.8, 4) is 0 Å². The molecule has 30 heavy (non-hydrogen) atoms. The molecule has 0 radical (unpaired) electrons. The number of hydrogen-bond acceptors (Lipinski definition) is 4. The molecule has 0 amide bonds. The zero-order valence-electron chi connectivity index (χ0n) is 20.4. The Kier molecular flexibility index (Phi) is 25.4. The third kappa shape index (κ3) is 20.8. The summed E-state index contributed by atoms with van der Waals surface area (Å²) in [6, 6.07) is 0. The van der Waals surface area contributed by atoms with Crippen LogP contribution < -0.4 is 29.6 Å². The Labute approximate surface area is 210 Å². The van der Waals surface area contributed by atoms with Crippen LogP contribution in [0.4, 0.5) is 0 Å². The van der Waals surface area contributed by atoms with Crippen LogP contribution in [0, 0.1) is 0 Å². The van der Waals surface area contributed by atoms with E-state index in [0.717, 1.165) is 44.9 Å². The molecule has 1 N–H and O–H groups in total. The number of rotatable bonds is 22. The molecule has 2 unspecified atom stereocenters. The summed E-state index contributed by atoms with van der Waals surface area (Å²) in [5.74, 6) is 0. The topological polar surface area (TPSA) is 77.4 Å². The first-order chi connectivity index (χ1) is 13.9. The number of hydrogen-bond donors (Lipinski definition) is 1. The van der Waals surface area contributed by atoms with Gasteiger partial charge in [0.15, 0.2) is 0 Å². The van der Waals surface area contributed by atoms with E-state index in [-0.39, 0.29) is 29.6 Å². The van der Waals surface area contributed by atoms with Gasteiger partial charge in [0.25, 0.3) is 0 Å². The average molecular weight is 457 g/mol. The minimum Gasteiger partial charge on any atom is -0.748 e. The van der Waals surface area contributed by atoms with Crippen molar-refractivity contribution < 1.29 is 47.6 Å². The maximum Gasteiger partial charge on any atom is 1.00 e. The summed E-state index contributed by atoms with van der Waals surface area (Å²) < 4.78 is 34.5. The van der Waals surface area contributed by atoms with Crippen molar-refractivity contribution in [3.63, 3.8) is 0 Å². The van der Waals surface area contributed by atoms with Gasteiger partial charge >= 0.3 is 29.6 Å². The summed E-state index contributed by atoms with van der Waals surface area (Å²) in [6.07, 6.45) is 21.1. The summed E-state index contributed by atoms with van der Waals surface area (Å²) in [5, 5.41) is 9.04. The zero-order chi connectivity index (χ0) is 21.8. The summed E-state index contributed by atoms with van der Waals surface area (Å²) in [7, 11) is -4.42. The van der Waals surface area contributed by atoms with Crippen LogP contribution >= 0.6 is 0 Å². The van der Waals surface area contributed by atoms with Gasteiger partial charge in [-0.1, -0.05) is 129 Å². The number of aliphatic hydroxyl groups is 1. The molecule has 2 atom stereocenters. The van der Waals surface area contributed by atoms with Gasteiger partial charge in [0.05, 0.1) is 11.4 Å². The molecule has 0 heterocycles. The van der Waals surface area contributed by atoms with Crippen LogP contribution in [0.15, 0.2) is 0 Å². The standard InChI is InChI=1S/C24H50O4S.Na/c1-3-5-7-9-10-11-12-13-14-15-16-17-18-20-22-24(29(26,27)28)23(25)21-19-8-6-4-2;/h23-25H,3-22H2,1-2H3,(H,26,27,28);/q;+1/p-1. The van der Waals surface area contributed by atoms with Crippen molar-refractivity contribution in [1.82, 2.24) is 0 Å². The molecule has 0 aromatic heterocycles. The fourth-order valence-corrected chi connectivity index (χ4v) is 5.01. The minimum absolute atomic E-state index is 0. The van der Waals surface area contributed by atoms with Crippen molar-refractivity contribution in [1.29, 1.82) is 0 Å². The fourth-order valence-electron chi connectivity index (χ4n) is 4.04. The molecule has 0 aliphatic heterocycles. The maximum atomic E-state index is 11.5. The molecule has 0 rings (SSSR count). The van der Waals surface area contributed by atoms with Gasteiger partial charge in [-0.15, -0.1) is 0 Å². The van der Waals surface area contributed by atoms with E-state index >= 15 is 0 Å². The van der Waals surface area contributed by atoms with E-state index in [1.54, 1.807) is 0 Å². The van der Waals surface area contributed by atoms with E-state index in [1.165, 1.54) is 70.6 Å². The van der Waals surface area contributed by atoms with Gasteiger partial charge in [-0.25, -0.2) is 8.42 Å². The minimum atomic E-state index is -4.42. The molecule has 0 bridgehead atoms. The number of unbranched alkanes of at least 4 members (excludes halogenated alkanes) is 16. The van der Waals surface area contributed by atoms with Crippen molar-refractivity contribution in [2.75, 3.05) is 0 Å². The monoisotopic (exact) mass is 456 g/mol. The van der Waals surface area contributed by atoms with E-state index in [1.807, 2.05) is 0 Å². The predicted octanol–water partition coefficient (Wildman–Crippen LogP) is 4.11. The molecule has 0 spiro atoms. The molecular weight excluding hydrogens is 407 g/mol. The molecule has 4 nitrogen and oxygen atoms in total. The Morgan fingerprint density at radius 1 is 0.600 bits per heavy atom. The van der Waals surface area contributed by atoms with Crippen LogP contribution in [0.1, 0.15) is 142 Å². The van der Waals surface area contributed by atoms with Crippen LogP contribution in [0.5, 0.6) is 0 Å². The largest absolute Gasteiger partial charge is 1.00 e. The molecule has 0 fully saturated rings. The maximum absolute atomic E-state index is 11.5. The van der Waals surface area contributed by atoms with E-state index < -0.39 is 21.5 Å². The van der Waals surface area contributed by atoms with Gasteiger partial charge in [0.1, 0.15) is 10.1 Å². The molecular formula is C24H49NaO4S. The summed E-state index contributed by atoms with van der Waals surface area (Å²) in [4.78, 5) is 0. The third-order valence-corrected chi connectivity index (χ3v) is 7.29. The van der Waals surface area contributed by atoms with E-state index in [4.69, 9.17) is 0 Å². The van der Waals surface area contributed by atoms with Gasteiger partial charge in [0, 0.05) is 0 Å². The molecule has 0 aromatic rings. The van der Waals surface area contributed by atoms with Crippen LogP contribution in [-0.2, 0) is 10.1 Å². The van der Waals surface area contributed by atoms with E-state index in [2.05, 4.69) is 13.8 Å². The zero-order valence-corrected chi connectivity index (χ0v) is 23.2. The first-order valence-electron chi connectivity index (χ1n) is 12.6. The first-order valence-corrected chi connectivity index (χ1v) is 14.0. The second-order valence-electron chi connectivity index (χ2n) is 8.83. The Morgan fingerprint density at radius 3 is 1.27 bits per heavy atom. The fraction of sp³-hybridized carbons (Fsp3) is 1.00.